The fourth-order valence-electron chi connectivity index (χ4n) is 1.72. The van der Waals surface area contributed by atoms with Crippen molar-refractivity contribution >= 4 is 28.9 Å². The number of nitrogen functional groups attached to an aromatic ring is 1. The number of nitrogens with one attached hydrogen (secondary N) is 1. The van der Waals surface area contributed by atoms with Gasteiger partial charge >= 0.3 is 0 Å². The first-order valence-corrected chi connectivity index (χ1v) is 6.42. The molecule has 7 heteroatoms. The number of hydrogen-bond acceptors (Lipinski definition) is 4. The van der Waals surface area contributed by atoms with Gasteiger partial charge in [-0.05, 0) is 25.1 Å². The number of ether oxygens (including phenoxy) is 1. The number of nitrogens with two attached hydrogens (primary N) is 1. The van der Waals surface area contributed by atoms with E-state index in [1.165, 1.54) is 4.68 Å². The molecule has 0 unspecified atom stereocenters. The molecule has 106 valence electrons. The van der Waals surface area contributed by atoms with Crippen molar-refractivity contribution in [1.82, 2.24) is 9.78 Å². The van der Waals surface area contributed by atoms with Gasteiger partial charge in [0.05, 0.1) is 17.3 Å². The van der Waals surface area contributed by atoms with Gasteiger partial charge in [-0.25, -0.2) is 0 Å². The van der Waals surface area contributed by atoms with Crippen molar-refractivity contribution < 1.29 is 9.53 Å². The van der Waals surface area contributed by atoms with Gasteiger partial charge in [0.1, 0.15) is 5.75 Å². The Morgan fingerprint density at radius 1 is 1.55 bits per heavy atom. The molecule has 1 amide bonds. The van der Waals surface area contributed by atoms with Crippen molar-refractivity contribution in [3.05, 3.63) is 35.1 Å². The van der Waals surface area contributed by atoms with E-state index in [1.54, 1.807) is 31.4 Å². The van der Waals surface area contributed by atoms with Gasteiger partial charge in [-0.15, -0.1) is 0 Å². The van der Waals surface area contributed by atoms with Crippen LogP contribution in [-0.2, 0) is 7.05 Å². The maximum absolute atomic E-state index is 12.0. The van der Waals surface area contributed by atoms with Crippen molar-refractivity contribution in [1.29, 1.82) is 0 Å². The second kappa shape index (κ2) is 5.83. The highest BCUT2D eigenvalue weighted by molar-refractivity contribution is 6.32. The van der Waals surface area contributed by atoms with Crippen LogP contribution in [0.1, 0.15) is 17.4 Å². The lowest BCUT2D eigenvalue weighted by Gasteiger charge is -2.08. The number of aryl methyl sites for hydroxylation is 1. The fourth-order valence-corrected chi connectivity index (χ4v) is 1.96. The molecule has 0 aliphatic heterocycles. The molecule has 2 aromatic rings. The first-order valence-electron chi connectivity index (χ1n) is 6.04. The van der Waals surface area contributed by atoms with Crippen LogP contribution in [0.15, 0.2) is 24.4 Å². The zero-order chi connectivity index (χ0) is 14.7. The van der Waals surface area contributed by atoms with Crippen LogP contribution in [0.2, 0.25) is 5.02 Å². The lowest BCUT2D eigenvalue weighted by Crippen LogP contribution is -2.14. The van der Waals surface area contributed by atoms with Gasteiger partial charge < -0.3 is 15.8 Å². The van der Waals surface area contributed by atoms with Gasteiger partial charge in [-0.1, -0.05) is 11.6 Å². The lowest BCUT2D eigenvalue weighted by atomic mass is 10.2. The van der Waals surface area contributed by atoms with E-state index >= 15 is 0 Å². The first kappa shape index (κ1) is 14.2. The van der Waals surface area contributed by atoms with Gasteiger partial charge in [0, 0.05) is 18.9 Å². The first-order chi connectivity index (χ1) is 9.51. The average Bonchev–Trinajstić information content (AvgIpc) is 2.72. The predicted molar refractivity (Wildman–Crippen MR) is 78.2 cm³/mol. The van der Waals surface area contributed by atoms with Crippen molar-refractivity contribution in [2.75, 3.05) is 17.7 Å². The Labute approximate surface area is 121 Å². The molecule has 0 bridgehead atoms. The minimum absolute atomic E-state index is 0.178. The summed E-state index contributed by atoms with van der Waals surface area (Å²) in [5.41, 5.74) is 6.75. The van der Waals surface area contributed by atoms with Crippen molar-refractivity contribution in [3.63, 3.8) is 0 Å². The molecule has 1 heterocycles. The van der Waals surface area contributed by atoms with Crippen LogP contribution in [0.4, 0.5) is 11.4 Å². The molecule has 0 saturated heterocycles. The highest BCUT2D eigenvalue weighted by Crippen LogP contribution is 2.28. The van der Waals surface area contributed by atoms with E-state index in [9.17, 15) is 4.79 Å². The van der Waals surface area contributed by atoms with Gasteiger partial charge in [0.2, 0.25) is 0 Å². The highest BCUT2D eigenvalue weighted by atomic mass is 35.5. The maximum Gasteiger partial charge on any atom is 0.278 e. The number of nitrogens with zero attached hydrogens (tertiary/aromatic N) is 2. The molecule has 0 atom stereocenters. The van der Waals surface area contributed by atoms with E-state index in [4.69, 9.17) is 22.1 Å². The molecule has 0 aliphatic carbocycles. The molecule has 20 heavy (non-hydrogen) atoms. The lowest BCUT2D eigenvalue weighted by molar-refractivity contribution is 0.102. The molecule has 0 saturated carbocycles. The minimum Gasteiger partial charge on any atom is -0.492 e. The van der Waals surface area contributed by atoms with Crippen LogP contribution >= 0.6 is 11.6 Å². The zero-order valence-electron chi connectivity index (χ0n) is 11.2. The maximum atomic E-state index is 12.0. The Bertz CT molecular complexity index is 639. The Morgan fingerprint density at radius 2 is 2.30 bits per heavy atom. The van der Waals surface area contributed by atoms with Crippen LogP contribution in [0.5, 0.6) is 5.75 Å². The van der Waals surface area contributed by atoms with Crippen LogP contribution in [-0.4, -0.2) is 22.3 Å². The molecule has 1 aromatic carbocycles. The Balaban J connectivity index is 2.16. The molecular weight excluding hydrogens is 280 g/mol. The van der Waals surface area contributed by atoms with Crippen LogP contribution < -0.4 is 15.8 Å². The molecule has 2 rings (SSSR count). The van der Waals surface area contributed by atoms with Crippen molar-refractivity contribution in [3.8, 4) is 5.75 Å². The summed E-state index contributed by atoms with van der Waals surface area (Å²) >= 11 is 6.05. The third-order valence-electron chi connectivity index (χ3n) is 2.56. The van der Waals surface area contributed by atoms with Gasteiger partial charge in [0.15, 0.2) is 5.69 Å². The van der Waals surface area contributed by atoms with Crippen molar-refractivity contribution in [2.24, 2.45) is 7.05 Å². The zero-order valence-corrected chi connectivity index (χ0v) is 11.9. The summed E-state index contributed by atoms with van der Waals surface area (Å²) in [5.74, 6) is 0.188. The molecule has 0 fully saturated rings. The Hall–Kier alpha value is -2.21. The van der Waals surface area contributed by atoms with Gasteiger partial charge in [-0.2, -0.15) is 5.10 Å². The monoisotopic (exact) mass is 294 g/mol. The topological polar surface area (TPSA) is 82.2 Å². The normalized spacial score (nSPS) is 10.3. The van der Waals surface area contributed by atoms with E-state index in [1.807, 2.05) is 6.92 Å². The van der Waals surface area contributed by atoms with E-state index in [0.29, 0.717) is 28.8 Å². The summed E-state index contributed by atoms with van der Waals surface area (Å²) in [4.78, 5) is 12.0. The van der Waals surface area contributed by atoms with E-state index in [2.05, 4.69) is 10.4 Å². The summed E-state index contributed by atoms with van der Waals surface area (Å²) in [6.45, 7) is 2.39. The summed E-state index contributed by atoms with van der Waals surface area (Å²) in [6.07, 6.45) is 1.57. The summed E-state index contributed by atoms with van der Waals surface area (Å²) in [5, 5.41) is 7.11. The smallest absolute Gasteiger partial charge is 0.278 e. The third kappa shape index (κ3) is 3.03. The Morgan fingerprint density at radius 3 is 2.85 bits per heavy atom. The molecular formula is C13H15ClN4O2. The number of amides is 1. The third-order valence-corrected chi connectivity index (χ3v) is 2.86. The number of rotatable bonds is 4. The number of carbonyl (C=O) groups is 1. The SMILES string of the molecule is CCOc1ccc(NC(=O)c2nn(C)cc2N)cc1Cl. The van der Waals surface area contributed by atoms with E-state index < -0.39 is 0 Å². The standard InChI is InChI=1S/C13H15ClN4O2/c1-3-20-11-5-4-8(6-9(11)14)16-13(19)12-10(15)7-18(2)17-12/h4-7H,3,15H2,1-2H3,(H,16,19). The van der Waals surface area contributed by atoms with Gasteiger partial charge in [-0.3, -0.25) is 9.48 Å². The summed E-state index contributed by atoms with van der Waals surface area (Å²) in [6, 6.07) is 5.01. The van der Waals surface area contributed by atoms with Crippen LogP contribution in [0.3, 0.4) is 0 Å². The second-order valence-electron chi connectivity index (χ2n) is 4.14. The van der Waals surface area contributed by atoms with E-state index in [-0.39, 0.29) is 11.6 Å². The fraction of sp³-hybridized carbons (Fsp3) is 0.231. The summed E-state index contributed by atoms with van der Waals surface area (Å²) in [7, 11) is 1.70. The second-order valence-corrected chi connectivity index (χ2v) is 4.55. The number of halogens is 1. The molecule has 3 N–H and O–H groups in total. The highest BCUT2D eigenvalue weighted by Gasteiger charge is 2.14. The molecule has 0 aliphatic rings. The predicted octanol–water partition coefficient (Wildman–Crippen LogP) is 2.31. The summed E-state index contributed by atoms with van der Waals surface area (Å²) < 4.78 is 6.80. The minimum atomic E-state index is -0.386. The Kier molecular flexibility index (Phi) is 4.14. The number of hydrogen-bond donors (Lipinski definition) is 2. The van der Waals surface area contributed by atoms with Crippen LogP contribution in [0.25, 0.3) is 0 Å². The largest absolute Gasteiger partial charge is 0.492 e. The number of anilines is 2. The number of benzene rings is 1. The van der Waals surface area contributed by atoms with E-state index in [0.717, 1.165) is 0 Å². The van der Waals surface area contributed by atoms with Crippen LogP contribution in [0, 0.1) is 0 Å². The molecule has 1 aromatic heterocycles. The molecule has 0 spiro atoms. The van der Waals surface area contributed by atoms with Crippen molar-refractivity contribution in [2.45, 2.75) is 6.92 Å². The number of aromatic nitrogens is 2. The quantitative estimate of drug-likeness (QED) is 0.906. The number of carbonyl (C=O) groups excluding carboxylic acids is 1. The molecule has 6 nitrogen and oxygen atoms in total. The average molecular weight is 295 g/mol. The molecule has 0 radical (unpaired) electrons. The van der Waals surface area contributed by atoms with Gasteiger partial charge in [0.25, 0.3) is 5.91 Å².